The molecule has 1 amide bonds. The predicted molar refractivity (Wildman–Crippen MR) is 155 cm³/mol. The molecule has 2 aliphatic rings. The highest BCUT2D eigenvalue weighted by Gasteiger charge is 2.36. The number of aromatic amines is 1. The van der Waals surface area contributed by atoms with Gasteiger partial charge in [0.15, 0.2) is 5.82 Å². The Kier molecular flexibility index (Phi) is 6.41. The minimum absolute atomic E-state index is 0.0381. The van der Waals surface area contributed by atoms with E-state index in [1.54, 1.807) is 18.6 Å². The number of nitrogens with one attached hydrogen (secondary N) is 1. The van der Waals surface area contributed by atoms with Gasteiger partial charge in [-0.3, -0.25) is 14.9 Å². The number of amides is 1. The summed E-state index contributed by atoms with van der Waals surface area (Å²) in [5, 5.41) is 8.51. The summed E-state index contributed by atoms with van der Waals surface area (Å²) in [5.74, 6) is 0.710. The van der Waals surface area contributed by atoms with Gasteiger partial charge in [-0.25, -0.2) is 9.37 Å². The number of aryl methyl sites for hydroxylation is 1. The maximum atomic E-state index is 16.7. The van der Waals surface area contributed by atoms with Crippen LogP contribution in [0.5, 0.6) is 0 Å². The van der Waals surface area contributed by atoms with E-state index in [0.717, 1.165) is 29.6 Å². The number of benzene rings is 1. The van der Waals surface area contributed by atoms with Crippen LogP contribution in [0.3, 0.4) is 0 Å². The van der Waals surface area contributed by atoms with Crippen LogP contribution in [0.25, 0.3) is 32.9 Å². The van der Waals surface area contributed by atoms with Gasteiger partial charge in [-0.05, 0) is 52.6 Å². The molecular weight excluding hydrogens is 509 g/mol. The van der Waals surface area contributed by atoms with Crippen molar-refractivity contribution in [1.29, 1.82) is 0 Å². The zero-order chi connectivity index (χ0) is 28.3. The van der Waals surface area contributed by atoms with Crippen LogP contribution in [0.1, 0.15) is 19.4 Å². The topological polar surface area (TPSA) is 97.4 Å². The van der Waals surface area contributed by atoms with E-state index in [2.05, 4.69) is 57.5 Å². The number of aromatic nitrogens is 5. The maximum Gasteiger partial charge on any atom is 0.246 e. The van der Waals surface area contributed by atoms with Gasteiger partial charge in [-0.15, -0.1) is 0 Å². The van der Waals surface area contributed by atoms with Crippen molar-refractivity contribution in [1.82, 2.24) is 34.9 Å². The first kappa shape index (κ1) is 26.1. The highest BCUT2D eigenvalue weighted by atomic mass is 19.1. The lowest BCUT2D eigenvalue weighted by Gasteiger charge is -2.45. The molecule has 0 spiro atoms. The Hall–Kier alpha value is -4.12. The molecule has 2 saturated heterocycles. The molecule has 1 N–H and O–H groups in total. The summed E-state index contributed by atoms with van der Waals surface area (Å²) in [6.45, 7) is 12.3. The molecule has 2 aliphatic heterocycles. The Morgan fingerprint density at radius 2 is 1.88 bits per heavy atom. The van der Waals surface area contributed by atoms with E-state index in [-0.39, 0.29) is 23.5 Å². The van der Waals surface area contributed by atoms with Crippen molar-refractivity contribution in [2.24, 2.45) is 0 Å². The summed E-state index contributed by atoms with van der Waals surface area (Å²) in [5.41, 5.74) is 2.90. The molecule has 0 aliphatic carbocycles. The monoisotopic (exact) mass is 543 g/mol. The number of anilines is 2. The molecule has 0 bridgehead atoms. The number of pyridine rings is 1. The van der Waals surface area contributed by atoms with E-state index in [1.807, 2.05) is 24.8 Å². The number of carbonyl (C=O) groups excluding carboxylic acids is 1. The van der Waals surface area contributed by atoms with Gasteiger partial charge in [0.1, 0.15) is 11.3 Å². The predicted octanol–water partition coefficient (Wildman–Crippen LogP) is 3.38. The molecule has 208 valence electrons. The van der Waals surface area contributed by atoms with E-state index in [1.165, 1.54) is 6.08 Å². The van der Waals surface area contributed by atoms with Crippen LogP contribution in [0.4, 0.5) is 16.2 Å². The van der Waals surface area contributed by atoms with Gasteiger partial charge in [0.2, 0.25) is 11.9 Å². The second-order valence-electron chi connectivity index (χ2n) is 11.2. The third kappa shape index (κ3) is 4.16. The molecule has 2 fully saturated rings. The fourth-order valence-corrected chi connectivity index (χ4v) is 5.87. The first-order chi connectivity index (χ1) is 19.2. The van der Waals surface area contributed by atoms with E-state index >= 15 is 4.39 Å². The zero-order valence-corrected chi connectivity index (χ0v) is 23.5. The van der Waals surface area contributed by atoms with E-state index in [9.17, 15) is 4.79 Å². The van der Waals surface area contributed by atoms with Crippen LogP contribution < -0.4 is 9.80 Å². The molecule has 5 heterocycles. The minimum atomic E-state index is -0.402. The molecule has 4 aromatic rings. The number of likely N-dealkylation sites (N-methyl/N-ethyl adjacent to an activating group) is 1. The van der Waals surface area contributed by atoms with Gasteiger partial charge < -0.3 is 19.6 Å². The summed E-state index contributed by atoms with van der Waals surface area (Å²) >= 11 is 0. The number of H-pyrrole nitrogens is 1. The summed E-state index contributed by atoms with van der Waals surface area (Å²) in [4.78, 5) is 35.0. The Morgan fingerprint density at radius 1 is 1.10 bits per heavy atom. The summed E-state index contributed by atoms with van der Waals surface area (Å²) in [6, 6.07) is 2.26. The van der Waals surface area contributed by atoms with Crippen molar-refractivity contribution in [3.63, 3.8) is 0 Å². The molecule has 3 aromatic heterocycles. The lowest BCUT2D eigenvalue weighted by molar-refractivity contribution is -0.128. The normalized spacial score (nSPS) is 20.0. The van der Waals surface area contributed by atoms with Crippen molar-refractivity contribution in [2.75, 3.05) is 50.1 Å². The highest BCUT2D eigenvalue weighted by molar-refractivity contribution is 6.00. The van der Waals surface area contributed by atoms with Gasteiger partial charge in [-0.2, -0.15) is 10.1 Å². The van der Waals surface area contributed by atoms with E-state index in [0.29, 0.717) is 47.4 Å². The molecule has 11 heteroatoms. The first-order valence-electron chi connectivity index (χ1n) is 13.6. The van der Waals surface area contributed by atoms with Gasteiger partial charge in [0, 0.05) is 72.4 Å². The Bertz CT molecular complexity index is 1630. The zero-order valence-electron chi connectivity index (χ0n) is 23.5. The third-order valence-electron chi connectivity index (χ3n) is 8.32. The van der Waals surface area contributed by atoms with Crippen LogP contribution in [0, 0.1) is 12.7 Å². The Morgan fingerprint density at radius 3 is 2.60 bits per heavy atom. The Balaban J connectivity index is 1.52. The van der Waals surface area contributed by atoms with Gasteiger partial charge in [0.25, 0.3) is 0 Å². The second kappa shape index (κ2) is 9.81. The minimum Gasteiger partial charge on any atom is -0.349 e. The van der Waals surface area contributed by atoms with Crippen molar-refractivity contribution >= 4 is 39.5 Å². The quantitative estimate of drug-likeness (QED) is 0.383. The van der Waals surface area contributed by atoms with Gasteiger partial charge >= 0.3 is 0 Å². The molecule has 0 unspecified atom stereocenters. The number of nitrogens with zero attached hydrogens (tertiary/aromatic N) is 8. The summed E-state index contributed by atoms with van der Waals surface area (Å²) in [7, 11) is 4.11. The van der Waals surface area contributed by atoms with Gasteiger partial charge in [0.05, 0.1) is 17.9 Å². The largest absolute Gasteiger partial charge is 0.349 e. The fourth-order valence-electron chi connectivity index (χ4n) is 5.87. The molecular formula is C29H34FN9O. The number of hydrogen-bond donors (Lipinski definition) is 1. The Labute approximate surface area is 232 Å². The van der Waals surface area contributed by atoms with Crippen molar-refractivity contribution in [3.05, 3.63) is 48.7 Å². The molecule has 40 heavy (non-hydrogen) atoms. The van der Waals surface area contributed by atoms with Crippen LogP contribution in [-0.4, -0.2) is 99.3 Å². The molecule has 2 atom stereocenters. The van der Waals surface area contributed by atoms with Crippen LogP contribution in [0.2, 0.25) is 0 Å². The van der Waals surface area contributed by atoms with E-state index in [4.69, 9.17) is 9.97 Å². The number of hydrogen-bond acceptors (Lipinski definition) is 8. The maximum absolute atomic E-state index is 16.7. The lowest BCUT2D eigenvalue weighted by Crippen LogP contribution is -2.59. The molecule has 0 radical (unpaired) electrons. The van der Waals surface area contributed by atoms with Crippen LogP contribution in [0.15, 0.2) is 37.3 Å². The molecule has 10 nitrogen and oxygen atoms in total. The standard InChI is InChI=1S/C29H34FN9O/c1-7-24(40)38-12-18(4)39(13-17(38)3)28-20-8-16(2)25(22-9-31-11-23-21(22)10-32-35-23)26(30)27(20)33-29(34-28)37-14-19(15-37)36(5)6/h7-11,17-19H,1,12-15H2,2-6H3,(H,32,35)/t17-,18+/m1/s1. The van der Waals surface area contributed by atoms with Crippen molar-refractivity contribution in [3.8, 4) is 11.1 Å². The van der Waals surface area contributed by atoms with Crippen LogP contribution in [-0.2, 0) is 4.79 Å². The van der Waals surface area contributed by atoms with Crippen molar-refractivity contribution < 1.29 is 9.18 Å². The number of rotatable bonds is 5. The fraction of sp³-hybridized carbons (Fsp3) is 0.414. The molecule has 1 aromatic carbocycles. The van der Waals surface area contributed by atoms with Crippen molar-refractivity contribution in [2.45, 2.75) is 38.9 Å². The number of fused-ring (bicyclic) bond motifs is 2. The average Bonchev–Trinajstić information content (AvgIpc) is 3.38. The van der Waals surface area contributed by atoms with E-state index < -0.39 is 5.82 Å². The molecule has 6 rings (SSSR count). The summed E-state index contributed by atoms with van der Waals surface area (Å²) < 4.78 is 16.7. The second-order valence-corrected chi connectivity index (χ2v) is 11.2. The van der Waals surface area contributed by atoms with Gasteiger partial charge in [-0.1, -0.05) is 6.58 Å². The van der Waals surface area contributed by atoms with Crippen LogP contribution >= 0.6 is 0 Å². The number of carbonyl (C=O) groups is 1. The summed E-state index contributed by atoms with van der Waals surface area (Å²) in [6.07, 6.45) is 6.41. The average molecular weight is 544 g/mol. The first-order valence-corrected chi connectivity index (χ1v) is 13.6. The number of piperazine rings is 1. The molecule has 0 saturated carbocycles. The highest BCUT2D eigenvalue weighted by Crippen LogP contribution is 2.39. The SMILES string of the molecule is C=CC(=O)N1C[C@H](C)N(c2nc(N3CC(N(C)C)C3)nc3c(F)c(-c4cncc5[nH]ncc45)c(C)cc23)C[C@H]1C. The lowest BCUT2D eigenvalue weighted by atomic mass is 9.96. The smallest absolute Gasteiger partial charge is 0.246 e. The number of halogens is 1. The third-order valence-corrected chi connectivity index (χ3v) is 8.32.